The molecule has 1 heterocycles. The Bertz CT molecular complexity index is 1140. The Morgan fingerprint density at radius 2 is 1.95 bits per heavy atom. The maximum absolute atomic E-state index is 12.3. The van der Waals surface area contributed by atoms with Crippen LogP contribution in [-0.2, 0) is 4.74 Å². The number of halogens is 2. The molecule has 7 heteroatoms. The lowest BCUT2D eigenvalue weighted by molar-refractivity contribution is 0.0953. The molecule has 0 bridgehead atoms. The minimum absolute atomic E-state index is 0.0285. The van der Waals surface area contributed by atoms with Crippen LogP contribution < -0.4 is 5.32 Å². The van der Waals surface area contributed by atoms with Gasteiger partial charge in [0, 0.05) is 52.8 Å². The van der Waals surface area contributed by atoms with Gasteiger partial charge in [-0.3, -0.25) is 9.79 Å². The molecule has 0 radical (unpaired) electrons. The number of amides is 1. The summed E-state index contributed by atoms with van der Waals surface area (Å²) in [7, 11) is 2.06. The van der Waals surface area contributed by atoms with Gasteiger partial charge in [0.05, 0.1) is 12.3 Å². The van der Waals surface area contributed by atoms with Gasteiger partial charge in [0.15, 0.2) is 0 Å². The zero-order chi connectivity index (χ0) is 26.8. The third-order valence-electron chi connectivity index (χ3n) is 6.39. The quantitative estimate of drug-likeness (QED) is 0.296. The Morgan fingerprint density at radius 1 is 1.19 bits per heavy atom. The third kappa shape index (κ3) is 8.11. The first-order valence-corrected chi connectivity index (χ1v) is 13.7. The molecular formula is C30H37Cl2N3O2. The molecule has 1 atom stereocenters. The Kier molecular flexibility index (Phi) is 11.1. The molecule has 1 aliphatic heterocycles. The lowest BCUT2D eigenvalue weighted by Gasteiger charge is -2.24. The third-order valence-corrected chi connectivity index (χ3v) is 7.07. The highest BCUT2D eigenvalue weighted by molar-refractivity contribution is 6.33. The van der Waals surface area contributed by atoms with Crippen molar-refractivity contribution < 1.29 is 9.53 Å². The van der Waals surface area contributed by atoms with Crippen LogP contribution in [0.3, 0.4) is 0 Å². The summed E-state index contributed by atoms with van der Waals surface area (Å²) in [5.74, 6) is 1.98. The Morgan fingerprint density at radius 3 is 2.65 bits per heavy atom. The summed E-state index contributed by atoms with van der Waals surface area (Å²) >= 11 is 12.5. The van der Waals surface area contributed by atoms with Crippen LogP contribution >= 0.6 is 23.2 Å². The molecule has 1 aromatic carbocycles. The molecule has 1 unspecified atom stereocenters. The number of rotatable bonds is 11. The fourth-order valence-corrected chi connectivity index (χ4v) is 4.53. The first-order valence-electron chi connectivity index (χ1n) is 12.9. The number of allylic oxidation sites excluding steroid dienone is 7. The normalized spacial score (nSPS) is 18.1. The van der Waals surface area contributed by atoms with Crippen molar-refractivity contribution in [3.63, 3.8) is 0 Å². The number of nitrogens with zero attached hydrogens (tertiary/aromatic N) is 2. The molecule has 3 rings (SSSR count). The lowest BCUT2D eigenvalue weighted by Crippen LogP contribution is -2.27. The first-order chi connectivity index (χ1) is 17.8. The first kappa shape index (κ1) is 28.8. The molecular weight excluding hydrogens is 505 g/mol. The van der Waals surface area contributed by atoms with Crippen LogP contribution in [-0.4, -0.2) is 43.4 Å². The second-order valence-corrected chi connectivity index (χ2v) is 10.1. The van der Waals surface area contributed by atoms with Crippen molar-refractivity contribution in [2.75, 3.05) is 26.7 Å². The molecule has 1 amide bonds. The molecule has 1 N–H and O–H groups in total. The summed E-state index contributed by atoms with van der Waals surface area (Å²) in [6.45, 7) is 7.85. The number of hydrogen-bond acceptors (Lipinski definition) is 4. The molecule has 0 saturated heterocycles. The highest BCUT2D eigenvalue weighted by atomic mass is 35.5. The van der Waals surface area contributed by atoms with Gasteiger partial charge in [-0.1, -0.05) is 67.8 Å². The van der Waals surface area contributed by atoms with Crippen LogP contribution in [0.4, 0.5) is 0 Å². The van der Waals surface area contributed by atoms with E-state index in [-0.39, 0.29) is 11.8 Å². The van der Waals surface area contributed by atoms with E-state index in [1.54, 1.807) is 0 Å². The lowest BCUT2D eigenvalue weighted by atomic mass is 9.92. The predicted molar refractivity (Wildman–Crippen MR) is 155 cm³/mol. The van der Waals surface area contributed by atoms with Crippen LogP contribution in [0.1, 0.15) is 68.3 Å². The highest BCUT2D eigenvalue weighted by Gasteiger charge is 2.27. The van der Waals surface area contributed by atoms with Crippen molar-refractivity contribution in [3.05, 3.63) is 92.9 Å². The van der Waals surface area contributed by atoms with Gasteiger partial charge in [0.1, 0.15) is 12.4 Å². The van der Waals surface area contributed by atoms with E-state index in [1.165, 1.54) is 5.56 Å². The number of carbonyl (C=O) groups is 1. The van der Waals surface area contributed by atoms with Gasteiger partial charge in [0.2, 0.25) is 0 Å². The molecule has 198 valence electrons. The molecule has 5 nitrogen and oxygen atoms in total. The highest BCUT2D eigenvalue weighted by Crippen LogP contribution is 2.30. The van der Waals surface area contributed by atoms with Gasteiger partial charge in [-0.15, -0.1) is 0 Å². The van der Waals surface area contributed by atoms with E-state index in [4.69, 9.17) is 32.9 Å². The predicted octanol–water partition coefficient (Wildman–Crippen LogP) is 7.43. The van der Waals surface area contributed by atoms with Crippen LogP contribution in [0.25, 0.3) is 0 Å². The summed E-state index contributed by atoms with van der Waals surface area (Å²) in [5, 5.41) is 4.35. The molecule has 1 aliphatic carbocycles. The number of aliphatic imine (C=N–C) groups is 1. The van der Waals surface area contributed by atoms with Crippen molar-refractivity contribution in [3.8, 4) is 0 Å². The van der Waals surface area contributed by atoms with E-state index in [0.717, 1.165) is 47.2 Å². The summed E-state index contributed by atoms with van der Waals surface area (Å²) in [4.78, 5) is 19.3. The van der Waals surface area contributed by atoms with Gasteiger partial charge < -0.3 is 15.0 Å². The second-order valence-electron chi connectivity index (χ2n) is 9.24. The van der Waals surface area contributed by atoms with E-state index in [0.29, 0.717) is 36.7 Å². The number of nitrogens with one attached hydrogen (secondary N) is 1. The van der Waals surface area contributed by atoms with Gasteiger partial charge in [-0.2, -0.15) is 0 Å². The van der Waals surface area contributed by atoms with Crippen molar-refractivity contribution in [2.24, 2.45) is 4.99 Å². The van der Waals surface area contributed by atoms with E-state index in [9.17, 15) is 4.79 Å². The Hall–Kier alpha value is -2.76. The number of ether oxygens (including phenoxy) is 1. The van der Waals surface area contributed by atoms with Gasteiger partial charge in [-0.05, 0) is 55.7 Å². The summed E-state index contributed by atoms with van der Waals surface area (Å²) in [6, 6.07) is 7.93. The van der Waals surface area contributed by atoms with Crippen LogP contribution in [0.15, 0.2) is 86.7 Å². The maximum Gasteiger partial charge on any atom is 0.251 e. The standard InChI is InChI=1S/C30H37Cl2N3O2/c1-5-7-27(22-9-11-23(12-10-22)30(36)33-18-6-2)29-34-19-26(35(29)4)16-8-21(3)37-20-24-13-14-25(31)15-17-28(24)32/h8-14,16-17,27H,5-7,15,18-20H2,1-4H3,(H,33,36)/b21-8+,26-16+. The number of benzene rings is 1. The number of hydrogen-bond donors (Lipinski definition) is 1. The zero-order valence-electron chi connectivity index (χ0n) is 22.2. The average Bonchev–Trinajstić information content (AvgIpc) is 3.18. The molecule has 0 saturated carbocycles. The Labute approximate surface area is 231 Å². The van der Waals surface area contributed by atoms with Gasteiger partial charge in [-0.25, -0.2) is 0 Å². The minimum Gasteiger partial charge on any atom is -0.493 e. The van der Waals surface area contributed by atoms with Crippen molar-refractivity contribution in [1.82, 2.24) is 10.2 Å². The van der Waals surface area contributed by atoms with Crippen molar-refractivity contribution in [1.29, 1.82) is 0 Å². The molecule has 0 aromatic heterocycles. The average molecular weight is 543 g/mol. The molecule has 1 aromatic rings. The number of amidine groups is 1. The Balaban J connectivity index is 1.65. The van der Waals surface area contributed by atoms with Crippen LogP contribution in [0.2, 0.25) is 0 Å². The van der Waals surface area contributed by atoms with E-state index >= 15 is 0 Å². The molecule has 0 fully saturated rings. The van der Waals surface area contributed by atoms with Crippen molar-refractivity contribution >= 4 is 34.9 Å². The zero-order valence-corrected chi connectivity index (χ0v) is 23.7. The van der Waals surface area contributed by atoms with Crippen LogP contribution in [0.5, 0.6) is 0 Å². The largest absolute Gasteiger partial charge is 0.493 e. The van der Waals surface area contributed by atoms with Gasteiger partial charge in [0.25, 0.3) is 5.91 Å². The molecule has 37 heavy (non-hydrogen) atoms. The monoisotopic (exact) mass is 541 g/mol. The molecule has 2 aliphatic rings. The minimum atomic E-state index is -0.0285. The van der Waals surface area contributed by atoms with Gasteiger partial charge >= 0.3 is 0 Å². The summed E-state index contributed by atoms with van der Waals surface area (Å²) in [5.41, 5.74) is 3.87. The summed E-state index contributed by atoms with van der Waals surface area (Å²) in [6.07, 6.45) is 13.3. The van der Waals surface area contributed by atoms with E-state index in [1.807, 2.05) is 50.3 Å². The summed E-state index contributed by atoms with van der Waals surface area (Å²) < 4.78 is 5.94. The number of likely N-dealkylation sites (N-methyl/N-ethyl adjacent to an activating group) is 1. The second kappa shape index (κ2) is 14.3. The fourth-order valence-electron chi connectivity index (χ4n) is 4.20. The van der Waals surface area contributed by atoms with Crippen molar-refractivity contribution in [2.45, 2.75) is 52.4 Å². The maximum atomic E-state index is 12.3. The fraction of sp³-hybridized carbons (Fsp3) is 0.400. The van der Waals surface area contributed by atoms with E-state index in [2.05, 4.69) is 42.4 Å². The topological polar surface area (TPSA) is 53.9 Å². The van der Waals surface area contributed by atoms with E-state index < -0.39 is 0 Å². The number of carbonyl (C=O) groups excluding carboxylic acids is 1. The molecule has 0 spiro atoms. The van der Waals surface area contributed by atoms with Crippen LogP contribution in [0, 0.1) is 0 Å². The smallest absolute Gasteiger partial charge is 0.251 e. The SMILES string of the molecule is CCCNC(=O)c1ccc(C(CCC)C2=NC/C(=C\C=C(/C)OCC3=CC=C(Cl)CC=C3Cl)N2C)cc1.